The molecule has 0 amide bonds. The Kier molecular flexibility index (Phi) is 7.79. The first-order chi connectivity index (χ1) is 16.1. The van der Waals surface area contributed by atoms with E-state index < -0.39 is 6.10 Å². The second kappa shape index (κ2) is 11.2. The molecule has 4 rings (SSSR count). The molecule has 0 aliphatic heterocycles. The monoisotopic (exact) mass is 445 g/mol. The maximum absolute atomic E-state index is 10.5. The van der Waals surface area contributed by atoms with Gasteiger partial charge in [0.1, 0.15) is 12.4 Å². The van der Waals surface area contributed by atoms with Crippen LogP contribution in [0.3, 0.4) is 0 Å². The number of rotatable bonds is 12. The quantitative estimate of drug-likeness (QED) is 0.335. The number of benzene rings is 2. The third kappa shape index (κ3) is 6.45. The van der Waals surface area contributed by atoms with Crippen molar-refractivity contribution in [3.63, 3.8) is 0 Å². The summed E-state index contributed by atoms with van der Waals surface area (Å²) < 4.78 is 13.6. The number of aromatic nitrogens is 2. The third-order valence-electron chi connectivity index (χ3n) is 5.66. The van der Waals surface area contributed by atoms with Crippen LogP contribution in [-0.2, 0) is 11.3 Å². The largest absolute Gasteiger partial charge is 0.439 e. The van der Waals surface area contributed by atoms with E-state index in [1.807, 2.05) is 72.3 Å². The zero-order valence-electron chi connectivity index (χ0n) is 19.1. The van der Waals surface area contributed by atoms with Crippen molar-refractivity contribution in [2.75, 3.05) is 26.3 Å². The summed E-state index contributed by atoms with van der Waals surface area (Å²) in [5, 5.41) is 15.3. The lowest BCUT2D eigenvalue weighted by atomic mass is 10.2. The fourth-order valence-electron chi connectivity index (χ4n) is 3.87. The van der Waals surface area contributed by atoms with Crippen LogP contribution in [0.15, 0.2) is 60.7 Å². The highest BCUT2D eigenvalue weighted by Gasteiger charge is 2.28. The van der Waals surface area contributed by atoms with Crippen LogP contribution >= 0.6 is 0 Å². The Balaban J connectivity index is 1.61. The lowest BCUT2D eigenvalue weighted by molar-refractivity contribution is 0.0250. The Morgan fingerprint density at radius 3 is 2.52 bits per heavy atom. The average molecular weight is 446 g/mol. The fourth-order valence-corrected chi connectivity index (χ4v) is 3.87. The molecular weight excluding hydrogens is 414 g/mol. The Hall–Kier alpha value is -3.11. The van der Waals surface area contributed by atoms with E-state index in [1.54, 1.807) is 0 Å². The number of hydrogen-bond acceptors (Lipinski definition) is 5. The molecule has 2 aromatic carbocycles. The van der Waals surface area contributed by atoms with Gasteiger partial charge in [-0.15, -0.1) is 6.42 Å². The molecule has 0 radical (unpaired) electrons. The smallest absolute Gasteiger partial charge is 0.227 e. The van der Waals surface area contributed by atoms with Crippen LogP contribution in [0.25, 0.3) is 5.69 Å². The van der Waals surface area contributed by atoms with Crippen LogP contribution in [-0.4, -0.2) is 52.2 Å². The molecular formula is C27H31N3O3. The van der Waals surface area contributed by atoms with Gasteiger partial charge in [0, 0.05) is 19.6 Å². The summed E-state index contributed by atoms with van der Waals surface area (Å²) in [6.07, 6.45) is 7.10. The molecule has 1 saturated carbocycles. The summed E-state index contributed by atoms with van der Waals surface area (Å²) in [7, 11) is 0. The van der Waals surface area contributed by atoms with Gasteiger partial charge in [0.15, 0.2) is 0 Å². The second-order valence-electron chi connectivity index (χ2n) is 8.54. The normalized spacial score (nSPS) is 14.2. The van der Waals surface area contributed by atoms with Gasteiger partial charge in [-0.25, -0.2) is 4.68 Å². The Labute approximate surface area is 195 Å². The molecule has 1 N–H and O–H groups in total. The molecule has 1 fully saturated rings. The standard InChI is InChI=1S/C27H31N3O3/c1-3-16-32-20-24(31)18-29(17-22-14-15-22)19-26-21(2)28-30(23-10-6-4-7-11-23)27(26)33-25-12-8-5-9-13-25/h1,4-13,22,24,31H,14-20H2,2H3/t24-/m0/s1. The molecule has 3 aromatic rings. The van der Waals surface area contributed by atoms with Gasteiger partial charge in [-0.05, 0) is 49.9 Å². The van der Waals surface area contributed by atoms with E-state index in [0.29, 0.717) is 24.9 Å². The van der Waals surface area contributed by atoms with Crippen molar-refractivity contribution < 1.29 is 14.6 Å². The Morgan fingerprint density at radius 1 is 1.15 bits per heavy atom. The second-order valence-corrected chi connectivity index (χ2v) is 8.54. The molecule has 0 unspecified atom stereocenters. The number of terminal acetylenes is 1. The number of para-hydroxylation sites is 2. The molecule has 33 heavy (non-hydrogen) atoms. The van der Waals surface area contributed by atoms with E-state index in [0.717, 1.165) is 29.2 Å². The zero-order valence-corrected chi connectivity index (χ0v) is 19.1. The maximum Gasteiger partial charge on any atom is 0.227 e. The van der Waals surface area contributed by atoms with Gasteiger partial charge in [-0.1, -0.05) is 42.3 Å². The Morgan fingerprint density at radius 2 is 1.85 bits per heavy atom. The predicted molar refractivity (Wildman–Crippen MR) is 128 cm³/mol. The van der Waals surface area contributed by atoms with Crippen molar-refractivity contribution in [2.24, 2.45) is 5.92 Å². The lowest BCUT2D eigenvalue weighted by Gasteiger charge is -2.25. The van der Waals surface area contributed by atoms with Gasteiger partial charge in [-0.2, -0.15) is 5.10 Å². The van der Waals surface area contributed by atoms with Crippen molar-refractivity contribution in [2.45, 2.75) is 32.4 Å². The maximum atomic E-state index is 10.5. The molecule has 1 aliphatic carbocycles. The summed E-state index contributed by atoms with van der Waals surface area (Å²) in [4.78, 5) is 2.28. The fraction of sp³-hybridized carbons (Fsp3) is 0.370. The molecule has 1 heterocycles. The van der Waals surface area contributed by atoms with Crippen molar-refractivity contribution in [3.05, 3.63) is 71.9 Å². The number of ether oxygens (including phenoxy) is 2. The number of aryl methyl sites for hydroxylation is 1. The Bertz CT molecular complexity index is 1060. The molecule has 1 aliphatic rings. The highest BCUT2D eigenvalue weighted by atomic mass is 16.5. The van der Waals surface area contributed by atoms with Crippen molar-refractivity contribution in [1.82, 2.24) is 14.7 Å². The molecule has 172 valence electrons. The third-order valence-corrected chi connectivity index (χ3v) is 5.66. The van der Waals surface area contributed by atoms with E-state index in [-0.39, 0.29) is 13.2 Å². The van der Waals surface area contributed by atoms with Gasteiger partial charge in [0.25, 0.3) is 0 Å². The summed E-state index contributed by atoms with van der Waals surface area (Å²) in [5.74, 6) is 4.57. The van der Waals surface area contributed by atoms with Crippen LogP contribution in [0.2, 0.25) is 0 Å². The van der Waals surface area contributed by atoms with E-state index in [1.165, 1.54) is 12.8 Å². The zero-order chi connectivity index (χ0) is 23.0. The van der Waals surface area contributed by atoms with E-state index in [9.17, 15) is 5.11 Å². The molecule has 1 atom stereocenters. The number of hydrogen-bond donors (Lipinski definition) is 1. The summed E-state index contributed by atoms with van der Waals surface area (Å²) in [6, 6.07) is 19.8. The molecule has 0 saturated heterocycles. The summed E-state index contributed by atoms with van der Waals surface area (Å²) in [5.41, 5.74) is 2.86. The first-order valence-electron chi connectivity index (χ1n) is 11.4. The minimum atomic E-state index is -0.611. The van der Waals surface area contributed by atoms with E-state index in [4.69, 9.17) is 21.0 Å². The van der Waals surface area contributed by atoms with Gasteiger partial charge in [-0.3, -0.25) is 4.90 Å². The van der Waals surface area contributed by atoms with Crippen LogP contribution < -0.4 is 4.74 Å². The van der Waals surface area contributed by atoms with Gasteiger partial charge >= 0.3 is 0 Å². The van der Waals surface area contributed by atoms with Gasteiger partial charge in [0.2, 0.25) is 5.88 Å². The van der Waals surface area contributed by atoms with Crippen LogP contribution in [0.4, 0.5) is 0 Å². The van der Waals surface area contributed by atoms with E-state index >= 15 is 0 Å². The van der Waals surface area contributed by atoms with Crippen LogP contribution in [0.5, 0.6) is 11.6 Å². The summed E-state index contributed by atoms with van der Waals surface area (Å²) >= 11 is 0. The van der Waals surface area contributed by atoms with Gasteiger partial charge < -0.3 is 14.6 Å². The van der Waals surface area contributed by atoms with E-state index in [2.05, 4.69) is 10.8 Å². The lowest BCUT2D eigenvalue weighted by Crippen LogP contribution is -2.36. The van der Waals surface area contributed by atoms with Gasteiger partial charge in [0.05, 0.1) is 29.7 Å². The molecule has 0 spiro atoms. The van der Waals surface area contributed by atoms with Crippen LogP contribution in [0, 0.1) is 25.2 Å². The molecule has 6 nitrogen and oxygen atoms in total. The minimum Gasteiger partial charge on any atom is -0.439 e. The molecule has 0 bridgehead atoms. The summed E-state index contributed by atoms with van der Waals surface area (Å²) in [6.45, 7) is 4.49. The van der Waals surface area contributed by atoms with Crippen molar-refractivity contribution >= 4 is 0 Å². The number of nitrogens with zero attached hydrogens (tertiary/aromatic N) is 3. The van der Waals surface area contributed by atoms with Crippen molar-refractivity contribution in [3.8, 4) is 29.7 Å². The number of aliphatic hydroxyl groups excluding tert-OH is 1. The SMILES string of the molecule is C#CCOC[C@@H](O)CN(Cc1c(C)nn(-c2ccccc2)c1Oc1ccccc1)CC1CC1. The highest BCUT2D eigenvalue weighted by molar-refractivity contribution is 5.43. The first kappa shape index (κ1) is 23.1. The molecule has 6 heteroatoms. The van der Waals surface area contributed by atoms with Crippen molar-refractivity contribution in [1.29, 1.82) is 0 Å². The first-order valence-corrected chi connectivity index (χ1v) is 11.4. The minimum absolute atomic E-state index is 0.206. The average Bonchev–Trinajstić information content (AvgIpc) is 3.60. The molecule has 1 aromatic heterocycles. The predicted octanol–water partition coefficient (Wildman–Crippen LogP) is 4.20. The van der Waals surface area contributed by atoms with Crippen LogP contribution in [0.1, 0.15) is 24.1 Å². The highest BCUT2D eigenvalue weighted by Crippen LogP contribution is 2.34. The topological polar surface area (TPSA) is 59.8 Å². The number of aliphatic hydroxyl groups is 1.